The molecule has 0 aromatic heterocycles. The number of halogens is 4. The normalized spacial score (nSPS) is 18.6. The molecule has 0 saturated carbocycles. The second-order valence-corrected chi connectivity index (χ2v) is 9.50. The molecule has 0 bridgehead atoms. The lowest BCUT2D eigenvalue weighted by Gasteiger charge is -2.21. The van der Waals surface area contributed by atoms with E-state index >= 15 is 0 Å². The van der Waals surface area contributed by atoms with Gasteiger partial charge in [0.15, 0.2) is 0 Å². The number of hydrogen-bond acceptors (Lipinski definition) is 2. The predicted octanol–water partition coefficient (Wildman–Crippen LogP) is 6.10. The van der Waals surface area contributed by atoms with Crippen LogP contribution in [0.5, 0.6) is 0 Å². The molecule has 0 spiro atoms. The zero-order chi connectivity index (χ0) is 19.4. The minimum atomic E-state index is -0.610. The van der Waals surface area contributed by atoms with Gasteiger partial charge in [-0.25, -0.2) is 0 Å². The Morgan fingerprint density at radius 3 is 2.52 bits per heavy atom. The van der Waals surface area contributed by atoms with Crippen LogP contribution in [0.4, 0.5) is 0 Å². The summed E-state index contributed by atoms with van der Waals surface area (Å²) in [6.45, 7) is 0.570. The van der Waals surface area contributed by atoms with Crippen molar-refractivity contribution in [3.63, 3.8) is 0 Å². The van der Waals surface area contributed by atoms with E-state index in [-0.39, 0.29) is 17.7 Å². The van der Waals surface area contributed by atoms with E-state index in [1.165, 1.54) is 0 Å². The number of amides is 1. The van der Waals surface area contributed by atoms with E-state index in [1.54, 1.807) is 11.8 Å². The summed E-state index contributed by atoms with van der Waals surface area (Å²) < 4.78 is 0. The van der Waals surface area contributed by atoms with Crippen molar-refractivity contribution in [1.29, 1.82) is 0 Å². The molecule has 0 radical (unpaired) electrons. The van der Waals surface area contributed by atoms with E-state index in [1.807, 2.05) is 42.5 Å². The van der Waals surface area contributed by atoms with Crippen molar-refractivity contribution in [2.75, 3.05) is 12.3 Å². The first-order valence-corrected chi connectivity index (χ1v) is 11.4. The van der Waals surface area contributed by atoms with Gasteiger partial charge in [0.2, 0.25) is 5.91 Å². The van der Waals surface area contributed by atoms with Crippen molar-refractivity contribution < 1.29 is 4.79 Å². The van der Waals surface area contributed by atoms with Crippen LogP contribution in [0.1, 0.15) is 22.6 Å². The average molecular weight is 463 g/mol. The lowest BCUT2D eigenvalue weighted by atomic mass is 9.93. The molecule has 144 valence electrons. The van der Waals surface area contributed by atoms with Crippen LogP contribution in [0.2, 0.25) is 10.0 Å². The van der Waals surface area contributed by atoms with Gasteiger partial charge in [0.05, 0.1) is 5.92 Å². The van der Waals surface area contributed by atoms with E-state index in [0.29, 0.717) is 28.8 Å². The lowest BCUT2D eigenvalue weighted by molar-refractivity contribution is -0.125. The van der Waals surface area contributed by atoms with Crippen molar-refractivity contribution in [1.82, 2.24) is 5.32 Å². The van der Waals surface area contributed by atoms with Crippen LogP contribution >= 0.6 is 58.2 Å². The van der Waals surface area contributed by atoms with Crippen LogP contribution in [0.3, 0.4) is 0 Å². The van der Waals surface area contributed by atoms with E-state index < -0.39 is 4.84 Å². The second kappa shape index (κ2) is 9.76. The van der Waals surface area contributed by atoms with Crippen LogP contribution in [-0.2, 0) is 17.0 Å². The Hall–Kier alpha value is -0.580. The summed E-state index contributed by atoms with van der Waals surface area (Å²) in [4.78, 5) is 12.1. The Balaban J connectivity index is 1.50. The molecule has 1 amide bonds. The van der Waals surface area contributed by atoms with Gasteiger partial charge in [0.1, 0.15) is 4.84 Å². The third-order valence-corrected chi connectivity index (χ3v) is 6.99. The number of nitrogens with one attached hydrogen (secondary N) is 1. The lowest BCUT2D eigenvalue weighted by Crippen LogP contribution is -2.35. The first-order chi connectivity index (χ1) is 13.0. The number of benzene rings is 2. The van der Waals surface area contributed by atoms with Crippen LogP contribution in [0.25, 0.3) is 0 Å². The highest BCUT2D eigenvalue weighted by atomic mass is 35.5. The van der Waals surface area contributed by atoms with Crippen molar-refractivity contribution in [2.24, 2.45) is 5.92 Å². The topological polar surface area (TPSA) is 29.1 Å². The molecular weight excluding hydrogens is 444 g/mol. The van der Waals surface area contributed by atoms with E-state index in [2.05, 4.69) is 5.32 Å². The Kier molecular flexibility index (Phi) is 7.64. The predicted molar refractivity (Wildman–Crippen MR) is 118 cm³/mol. The molecule has 1 aliphatic carbocycles. The fourth-order valence-electron chi connectivity index (χ4n) is 3.41. The van der Waals surface area contributed by atoms with Gasteiger partial charge in [-0.05, 0) is 35.2 Å². The number of fused-ring (bicyclic) bond motifs is 1. The van der Waals surface area contributed by atoms with Gasteiger partial charge in [0.25, 0.3) is 0 Å². The maximum atomic E-state index is 12.7. The maximum Gasteiger partial charge on any atom is 0.224 e. The number of thioether (sulfide) groups is 1. The van der Waals surface area contributed by atoms with Gasteiger partial charge in [-0.2, -0.15) is 11.8 Å². The molecule has 0 saturated heterocycles. The quantitative estimate of drug-likeness (QED) is 0.397. The van der Waals surface area contributed by atoms with E-state index in [0.717, 1.165) is 22.4 Å². The number of carbonyl (C=O) groups excluding carboxylic acids is 1. The van der Waals surface area contributed by atoms with Crippen molar-refractivity contribution >= 4 is 64.1 Å². The number of carbonyl (C=O) groups is 1. The molecule has 2 atom stereocenters. The third-order valence-electron chi connectivity index (χ3n) is 4.75. The van der Waals surface area contributed by atoms with Crippen LogP contribution < -0.4 is 5.32 Å². The van der Waals surface area contributed by atoms with Gasteiger partial charge < -0.3 is 5.32 Å². The van der Waals surface area contributed by atoms with Crippen LogP contribution in [0.15, 0.2) is 42.5 Å². The summed E-state index contributed by atoms with van der Waals surface area (Å²) in [6.07, 6.45) is 0.672. The maximum absolute atomic E-state index is 12.7. The second-order valence-electron chi connectivity index (χ2n) is 6.41. The van der Waals surface area contributed by atoms with Gasteiger partial charge in [-0.3, -0.25) is 4.79 Å². The molecule has 0 aliphatic heterocycles. The average Bonchev–Trinajstić information content (AvgIpc) is 3.03. The molecule has 2 aromatic carbocycles. The monoisotopic (exact) mass is 461 g/mol. The first kappa shape index (κ1) is 21.1. The molecule has 2 unspecified atom stereocenters. The zero-order valence-electron chi connectivity index (χ0n) is 14.4. The van der Waals surface area contributed by atoms with Gasteiger partial charge in [0, 0.05) is 34.0 Å². The van der Waals surface area contributed by atoms with Crippen LogP contribution in [0, 0.1) is 5.92 Å². The Labute approximate surface area is 183 Å². The highest BCUT2D eigenvalue weighted by Gasteiger charge is 2.40. The Morgan fingerprint density at radius 1 is 1.11 bits per heavy atom. The van der Waals surface area contributed by atoms with Gasteiger partial charge in [-0.1, -0.05) is 53.5 Å². The molecule has 0 heterocycles. The van der Waals surface area contributed by atoms with Crippen LogP contribution in [-0.4, -0.2) is 23.0 Å². The summed E-state index contributed by atoms with van der Waals surface area (Å²) in [7, 11) is 0. The SMILES string of the molecule is O=C(NCCSCc1c(Cl)cccc1Cl)C1Cc2ccccc2C1C(Cl)Cl. The molecule has 1 aliphatic rings. The molecule has 27 heavy (non-hydrogen) atoms. The van der Waals surface area contributed by atoms with Gasteiger partial charge >= 0.3 is 0 Å². The number of hydrogen-bond donors (Lipinski definition) is 1. The minimum absolute atomic E-state index is 0.00104. The third kappa shape index (κ3) is 5.07. The summed E-state index contributed by atoms with van der Waals surface area (Å²) in [5, 5.41) is 4.35. The zero-order valence-corrected chi connectivity index (χ0v) is 18.3. The molecule has 7 heteroatoms. The fourth-order valence-corrected chi connectivity index (χ4v) is 5.63. The first-order valence-electron chi connectivity index (χ1n) is 8.63. The largest absolute Gasteiger partial charge is 0.355 e. The fraction of sp³-hybridized carbons (Fsp3) is 0.350. The molecule has 1 N–H and O–H groups in total. The molecule has 3 rings (SSSR count). The summed E-state index contributed by atoms with van der Waals surface area (Å²) in [6, 6.07) is 13.5. The highest BCUT2D eigenvalue weighted by molar-refractivity contribution is 7.98. The highest BCUT2D eigenvalue weighted by Crippen LogP contribution is 2.43. The van der Waals surface area contributed by atoms with E-state index in [9.17, 15) is 4.79 Å². The molecule has 2 aromatic rings. The summed E-state index contributed by atoms with van der Waals surface area (Å²) >= 11 is 26.4. The Morgan fingerprint density at radius 2 is 1.81 bits per heavy atom. The Bertz CT molecular complexity index is 794. The molecular formula is C20H19Cl4NOS. The van der Waals surface area contributed by atoms with Crippen molar-refractivity contribution in [3.8, 4) is 0 Å². The smallest absolute Gasteiger partial charge is 0.224 e. The number of alkyl halides is 2. The van der Waals surface area contributed by atoms with Gasteiger partial charge in [-0.15, -0.1) is 23.2 Å². The summed E-state index contributed by atoms with van der Waals surface area (Å²) in [5.41, 5.74) is 3.16. The van der Waals surface area contributed by atoms with Crippen molar-refractivity contribution in [2.45, 2.75) is 22.9 Å². The molecule has 2 nitrogen and oxygen atoms in total. The van der Waals surface area contributed by atoms with Crippen molar-refractivity contribution in [3.05, 3.63) is 69.2 Å². The van der Waals surface area contributed by atoms with E-state index in [4.69, 9.17) is 46.4 Å². The molecule has 0 fully saturated rings. The minimum Gasteiger partial charge on any atom is -0.355 e. The summed E-state index contributed by atoms with van der Waals surface area (Å²) in [5.74, 6) is 1.07. The number of rotatable bonds is 7. The standard InChI is InChI=1S/C20H19Cl4NOS/c21-16-6-3-7-17(22)15(16)11-27-9-8-25-20(26)14-10-12-4-1-2-5-13(12)18(14)19(23)24/h1-7,14,18-19H,8-11H2,(H,25,26).